The number of fused-ring (bicyclic) bond motifs is 1. The van der Waals surface area contributed by atoms with E-state index in [0.29, 0.717) is 0 Å². The molecule has 0 spiro atoms. The lowest BCUT2D eigenvalue weighted by Crippen LogP contribution is -2.02. The van der Waals surface area contributed by atoms with Crippen molar-refractivity contribution in [1.29, 1.82) is 0 Å². The number of hydrogen-bond donors (Lipinski definition) is 1. The Morgan fingerprint density at radius 1 is 1.15 bits per heavy atom. The highest BCUT2D eigenvalue weighted by atomic mass is 16.4. The van der Waals surface area contributed by atoms with Crippen LogP contribution in [0.3, 0.4) is 0 Å². The molecule has 0 fully saturated rings. The van der Waals surface area contributed by atoms with E-state index in [-0.39, 0.29) is 0 Å². The standard InChI is InChI=1S/C11H13NO/c13-12-8-9-5-6-10-3-1-2-4-11(10)7-9/h5-8,13H,1-4H2/b12-8-. The number of nitrogens with zero attached hydrogens (tertiary/aromatic N) is 1. The smallest absolute Gasteiger partial charge is 0.0733 e. The molecule has 0 heterocycles. The van der Waals surface area contributed by atoms with Gasteiger partial charge in [-0.05, 0) is 48.4 Å². The molecule has 68 valence electrons. The van der Waals surface area contributed by atoms with E-state index >= 15 is 0 Å². The van der Waals surface area contributed by atoms with E-state index in [9.17, 15) is 0 Å². The average Bonchev–Trinajstić information content (AvgIpc) is 2.18. The Morgan fingerprint density at radius 3 is 2.69 bits per heavy atom. The van der Waals surface area contributed by atoms with E-state index in [4.69, 9.17) is 5.21 Å². The summed E-state index contributed by atoms with van der Waals surface area (Å²) in [6.45, 7) is 0. The fraction of sp³-hybridized carbons (Fsp3) is 0.364. The fourth-order valence-corrected chi connectivity index (χ4v) is 1.90. The van der Waals surface area contributed by atoms with Crippen LogP contribution in [0.5, 0.6) is 0 Å². The van der Waals surface area contributed by atoms with Crippen LogP contribution in [0, 0.1) is 0 Å². The molecule has 2 nitrogen and oxygen atoms in total. The van der Waals surface area contributed by atoms with Gasteiger partial charge >= 0.3 is 0 Å². The second-order valence-electron chi connectivity index (χ2n) is 3.48. The highest BCUT2D eigenvalue weighted by Gasteiger charge is 2.08. The molecular weight excluding hydrogens is 162 g/mol. The lowest BCUT2D eigenvalue weighted by Gasteiger charge is -2.15. The predicted molar refractivity (Wildman–Crippen MR) is 52.5 cm³/mol. The van der Waals surface area contributed by atoms with E-state index in [0.717, 1.165) is 5.56 Å². The van der Waals surface area contributed by atoms with Gasteiger partial charge in [-0.15, -0.1) is 0 Å². The van der Waals surface area contributed by atoms with E-state index in [1.54, 1.807) is 0 Å². The van der Waals surface area contributed by atoms with Crippen LogP contribution < -0.4 is 0 Å². The first kappa shape index (κ1) is 8.30. The molecule has 0 aliphatic heterocycles. The van der Waals surface area contributed by atoms with Gasteiger partial charge in [-0.3, -0.25) is 0 Å². The zero-order valence-electron chi connectivity index (χ0n) is 7.53. The van der Waals surface area contributed by atoms with Crippen LogP contribution in [-0.4, -0.2) is 11.4 Å². The minimum absolute atomic E-state index is 0.989. The summed E-state index contributed by atoms with van der Waals surface area (Å²) >= 11 is 0. The fourth-order valence-electron chi connectivity index (χ4n) is 1.90. The molecule has 1 aliphatic carbocycles. The maximum Gasteiger partial charge on any atom is 0.0733 e. The molecule has 0 amide bonds. The number of hydrogen-bond acceptors (Lipinski definition) is 2. The Morgan fingerprint density at radius 2 is 1.92 bits per heavy atom. The first-order valence-electron chi connectivity index (χ1n) is 4.69. The molecule has 2 rings (SSSR count). The zero-order valence-corrected chi connectivity index (χ0v) is 7.53. The minimum Gasteiger partial charge on any atom is -0.411 e. The van der Waals surface area contributed by atoms with Gasteiger partial charge in [0.15, 0.2) is 0 Å². The number of rotatable bonds is 1. The highest BCUT2D eigenvalue weighted by molar-refractivity contribution is 5.79. The van der Waals surface area contributed by atoms with Gasteiger partial charge in [0.1, 0.15) is 0 Å². The van der Waals surface area contributed by atoms with Crippen LogP contribution in [-0.2, 0) is 12.8 Å². The molecule has 0 saturated carbocycles. The van der Waals surface area contributed by atoms with Gasteiger partial charge in [-0.2, -0.15) is 0 Å². The van der Waals surface area contributed by atoms with Gasteiger partial charge in [0, 0.05) is 0 Å². The lowest BCUT2D eigenvalue weighted by atomic mass is 9.90. The number of oxime groups is 1. The molecule has 1 aromatic rings. The van der Waals surface area contributed by atoms with Crippen LogP contribution in [0.15, 0.2) is 23.4 Å². The van der Waals surface area contributed by atoms with E-state index in [2.05, 4.69) is 17.3 Å². The molecule has 0 saturated heterocycles. The Hall–Kier alpha value is -1.31. The maximum atomic E-state index is 8.39. The molecule has 0 atom stereocenters. The Labute approximate surface area is 77.9 Å². The van der Waals surface area contributed by atoms with Crippen LogP contribution in [0.4, 0.5) is 0 Å². The van der Waals surface area contributed by atoms with Gasteiger partial charge in [0.05, 0.1) is 6.21 Å². The maximum absolute atomic E-state index is 8.39. The Bertz CT molecular complexity index is 331. The zero-order chi connectivity index (χ0) is 9.10. The van der Waals surface area contributed by atoms with Crippen molar-refractivity contribution in [3.63, 3.8) is 0 Å². The summed E-state index contributed by atoms with van der Waals surface area (Å²) in [5.41, 5.74) is 3.87. The van der Waals surface area contributed by atoms with E-state index in [1.807, 2.05) is 6.07 Å². The largest absolute Gasteiger partial charge is 0.411 e. The summed E-state index contributed by atoms with van der Waals surface area (Å²) in [5.74, 6) is 0. The van der Waals surface area contributed by atoms with Crippen molar-refractivity contribution in [1.82, 2.24) is 0 Å². The predicted octanol–water partition coefficient (Wildman–Crippen LogP) is 2.37. The number of benzene rings is 1. The highest BCUT2D eigenvalue weighted by Crippen LogP contribution is 2.21. The average molecular weight is 175 g/mol. The second-order valence-corrected chi connectivity index (χ2v) is 3.48. The van der Waals surface area contributed by atoms with Crippen molar-refractivity contribution in [3.05, 3.63) is 34.9 Å². The van der Waals surface area contributed by atoms with Crippen LogP contribution >= 0.6 is 0 Å². The quantitative estimate of drug-likeness (QED) is 0.396. The van der Waals surface area contributed by atoms with Crippen molar-refractivity contribution in [3.8, 4) is 0 Å². The van der Waals surface area contributed by atoms with Crippen LogP contribution in [0.25, 0.3) is 0 Å². The van der Waals surface area contributed by atoms with E-state index in [1.165, 1.54) is 43.0 Å². The molecule has 1 N–H and O–H groups in total. The van der Waals surface area contributed by atoms with Crippen LogP contribution in [0.1, 0.15) is 29.5 Å². The minimum atomic E-state index is 0.989. The molecule has 0 aromatic heterocycles. The third-order valence-corrected chi connectivity index (χ3v) is 2.58. The molecule has 0 radical (unpaired) electrons. The molecule has 0 bridgehead atoms. The molecule has 1 aromatic carbocycles. The van der Waals surface area contributed by atoms with Crippen molar-refractivity contribution in [2.75, 3.05) is 0 Å². The van der Waals surface area contributed by atoms with Gasteiger partial charge in [0.2, 0.25) is 0 Å². The van der Waals surface area contributed by atoms with Crippen molar-refractivity contribution < 1.29 is 5.21 Å². The molecule has 13 heavy (non-hydrogen) atoms. The van der Waals surface area contributed by atoms with Crippen molar-refractivity contribution in [2.24, 2.45) is 5.16 Å². The van der Waals surface area contributed by atoms with Crippen molar-refractivity contribution >= 4 is 6.21 Å². The first-order valence-corrected chi connectivity index (χ1v) is 4.69. The molecule has 2 heteroatoms. The summed E-state index contributed by atoms with van der Waals surface area (Å²) in [6, 6.07) is 6.27. The first-order chi connectivity index (χ1) is 6.40. The van der Waals surface area contributed by atoms with Gasteiger partial charge in [-0.25, -0.2) is 0 Å². The normalized spacial score (nSPS) is 16.0. The Balaban J connectivity index is 2.35. The third-order valence-electron chi connectivity index (χ3n) is 2.58. The van der Waals surface area contributed by atoms with Crippen molar-refractivity contribution in [2.45, 2.75) is 25.7 Å². The van der Waals surface area contributed by atoms with Gasteiger partial charge in [-0.1, -0.05) is 17.3 Å². The lowest BCUT2D eigenvalue weighted by molar-refractivity contribution is 0.322. The summed E-state index contributed by atoms with van der Waals surface area (Å²) in [5, 5.41) is 11.4. The topological polar surface area (TPSA) is 32.6 Å². The summed E-state index contributed by atoms with van der Waals surface area (Å²) < 4.78 is 0. The summed E-state index contributed by atoms with van der Waals surface area (Å²) in [6.07, 6.45) is 6.44. The molecule has 1 aliphatic rings. The van der Waals surface area contributed by atoms with Gasteiger partial charge < -0.3 is 5.21 Å². The summed E-state index contributed by atoms with van der Waals surface area (Å²) in [4.78, 5) is 0. The third kappa shape index (κ3) is 1.72. The molecular formula is C11H13NO. The summed E-state index contributed by atoms with van der Waals surface area (Å²) in [7, 11) is 0. The number of aryl methyl sites for hydroxylation is 2. The Kier molecular flexibility index (Phi) is 2.30. The molecule has 0 unspecified atom stereocenters. The second kappa shape index (κ2) is 3.60. The van der Waals surface area contributed by atoms with Crippen LogP contribution in [0.2, 0.25) is 0 Å². The SMILES string of the molecule is O/N=C\c1ccc2c(c1)CCCC2. The van der Waals surface area contributed by atoms with E-state index < -0.39 is 0 Å². The van der Waals surface area contributed by atoms with Gasteiger partial charge in [0.25, 0.3) is 0 Å². The monoisotopic (exact) mass is 175 g/mol.